The molecule has 0 aliphatic heterocycles. The number of carbonyl (C=O) groups is 1. The maximum Gasteiger partial charge on any atom is 0.234 e. The molecular formula is C14H20N4O3. The number of ether oxygens (including phenoxy) is 1. The SMILES string of the molecule is COc1ccc(CNCC(=O)NC2CC2)cc1C(N)=NO. The van der Waals surface area contributed by atoms with Crippen LogP contribution in [0.15, 0.2) is 23.4 Å². The van der Waals surface area contributed by atoms with E-state index in [2.05, 4.69) is 15.8 Å². The Morgan fingerprint density at radius 1 is 1.52 bits per heavy atom. The number of carbonyl (C=O) groups excluding carboxylic acids is 1. The largest absolute Gasteiger partial charge is 0.496 e. The maximum atomic E-state index is 11.5. The van der Waals surface area contributed by atoms with E-state index in [9.17, 15) is 4.79 Å². The van der Waals surface area contributed by atoms with Gasteiger partial charge >= 0.3 is 0 Å². The average Bonchev–Trinajstić information content (AvgIpc) is 3.30. The highest BCUT2D eigenvalue weighted by Gasteiger charge is 2.22. The lowest BCUT2D eigenvalue weighted by molar-refractivity contribution is -0.120. The summed E-state index contributed by atoms with van der Waals surface area (Å²) in [6.45, 7) is 0.773. The van der Waals surface area contributed by atoms with E-state index >= 15 is 0 Å². The molecule has 1 aromatic carbocycles. The highest BCUT2D eigenvalue weighted by atomic mass is 16.5. The average molecular weight is 292 g/mol. The molecule has 2 rings (SSSR count). The van der Waals surface area contributed by atoms with E-state index in [-0.39, 0.29) is 18.3 Å². The number of amides is 1. The number of rotatable bonds is 7. The molecule has 1 aromatic rings. The van der Waals surface area contributed by atoms with E-state index in [1.54, 1.807) is 12.1 Å². The highest BCUT2D eigenvalue weighted by molar-refractivity contribution is 5.99. The molecule has 21 heavy (non-hydrogen) atoms. The van der Waals surface area contributed by atoms with Crippen LogP contribution < -0.4 is 21.1 Å². The molecule has 7 heteroatoms. The molecule has 1 saturated carbocycles. The Labute approximate surface area is 123 Å². The van der Waals surface area contributed by atoms with Crippen molar-refractivity contribution in [3.05, 3.63) is 29.3 Å². The number of amidine groups is 1. The molecule has 1 amide bonds. The lowest BCUT2D eigenvalue weighted by Gasteiger charge is -2.10. The molecule has 0 aromatic heterocycles. The summed E-state index contributed by atoms with van der Waals surface area (Å²) in [6.07, 6.45) is 2.15. The van der Waals surface area contributed by atoms with Gasteiger partial charge < -0.3 is 26.3 Å². The predicted molar refractivity (Wildman–Crippen MR) is 78.4 cm³/mol. The Balaban J connectivity index is 1.91. The Morgan fingerprint density at radius 3 is 2.90 bits per heavy atom. The number of methoxy groups -OCH3 is 1. The van der Waals surface area contributed by atoms with Gasteiger partial charge in [-0.3, -0.25) is 4.79 Å². The minimum absolute atomic E-state index is 0.00247. The second-order valence-corrected chi connectivity index (χ2v) is 4.97. The van der Waals surface area contributed by atoms with E-state index in [1.807, 2.05) is 6.07 Å². The van der Waals surface area contributed by atoms with Crippen molar-refractivity contribution >= 4 is 11.7 Å². The Morgan fingerprint density at radius 2 is 2.29 bits per heavy atom. The van der Waals surface area contributed by atoms with Crippen LogP contribution in [0.5, 0.6) is 5.75 Å². The highest BCUT2D eigenvalue weighted by Crippen LogP contribution is 2.20. The van der Waals surface area contributed by atoms with Crippen LogP contribution in [0.1, 0.15) is 24.0 Å². The van der Waals surface area contributed by atoms with Crippen LogP contribution in [0.25, 0.3) is 0 Å². The minimum atomic E-state index is -0.0137. The fourth-order valence-electron chi connectivity index (χ4n) is 1.95. The summed E-state index contributed by atoms with van der Waals surface area (Å²) in [4.78, 5) is 11.5. The molecule has 1 fully saturated rings. The zero-order valence-corrected chi connectivity index (χ0v) is 11.9. The van der Waals surface area contributed by atoms with Gasteiger partial charge in [0.2, 0.25) is 5.91 Å². The van der Waals surface area contributed by atoms with E-state index < -0.39 is 0 Å². The molecule has 5 N–H and O–H groups in total. The van der Waals surface area contributed by atoms with Crippen LogP contribution in [0, 0.1) is 0 Å². The lowest BCUT2D eigenvalue weighted by Crippen LogP contribution is -2.34. The lowest BCUT2D eigenvalue weighted by atomic mass is 10.1. The third kappa shape index (κ3) is 4.35. The van der Waals surface area contributed by atoms with Crippen LogP contribution in [0.3, 0.4) is 0 Å². The number of hydrogen-bond donors (Lipinski definition) is 4. The van der Waals surface area contributed by atoms with Crippen molar-refractivity contribution in [2.75, 3.05) is 13.7 Å². The van der Waals surface area contributed by atoms with Gasteiger partial charge in [-0.15, -0.1) is 0 Å². The summed E-state index contributed by atoms with van der Waals surface area (Å²) >= 11 is 0. The molecule has 7 nitrogen and oxygen atoms in total. The Kier molecular flexibility index (Phi) is 4.99. The fraction of sp³-hybridized carbons (Fsp3) is 0.429. The second-order valence-electron chi connectivity index (χ2n) is 4.97. The van der Waals surface area contributed by atoms with Gasteiger partial charge in [0, 0.05) is 12.6 Å². The molecule has 0 bridgehead atoms. The van der Waals surface area contributed by atoms with Crippen molar-refractivity contribution in [1.29, 1.82) is 0 Å². The van der Waals surface area contributed by atoms with Crippen LogP contribution >= 0.6 is 0 Å². The summed E-state index contributed by atoms with van der Waals surface area (Å²) in [5, 5.41) is 17.7. The number of benzene rings is 1. The standard InChI is InChI=1S/C14H20N4O3/c1-21-12-5-2-9(6-11(12)14(15)18-20)7-16-8-13(19)17-10-3-4-10/h2,5-6,10,16,20H,3-4,7-8H2,1H3,(H2,15,18)(H,17,19). The minimum Gasteiger partial charge on any atom is -0.496 e. The van der Waals surface area contributed by atoms with Gasteiger partial charge in [-0.05, 0) is 30.5 Å². The summed E-state index contributed by atoms with van der Waals surface area (Å²) in [5.74, 6) is 0.517. The molecule has 0 spiro atoms. The van der Waals surface area contributed by atoms with Crippen molar-refractivity contribution < 1.29 is 14.7 Å². The van der Waals surface area contributed by atoms with Crippen molar-refractivity contribution in [1.82, 2.24) is 10.6 Å². The number of nitrogens with zero attached hydrogens (tertiary/aromatic N) is 1. The van der Waals surface area contributed by atoms with E-state index in [0.717, 1.165) is 18.4 Å². The third-order valence-electron chi connectivity index (χ3n) is 3.20. The van der Waals surface area contributed by atoms with E-state index in [1.165, 1.54) is 7.11 Å². The van der Waals surface area contributed by atoms with Crippen LogP contribution in [0.2, 0.25) is 0 Å². The predicted octanol–water partition coefficient (Wildman–Crippen LogP) is 0.158. The second kappa shape index (κ2) is 6.94. The first-order valence-corrected chi connectivity index (χ1v) is 6.79. The summed E-state index contributed by atoms with van der Waals surface area (Å²) in [6, 6.07) is 5.74. The maximum absolute atomic E-state index is 11.5. The Bertz CT molecular complexity index is 541. The van der Waals surface area contributed by atoms with Gasteiger partial charge in [-0.2, -0.15) is 0 Å². The third-order valence-corrected chi connectivity index (χ3v) is 3.20. The van der Waals surface area contributed by atoms with Gasteiger partial charge in [-0.25, -0.2) is 0 Å². The van der Waals surface area contributed by atoms with E-state index in [0.29, 0.717) is 23.9 Å². The Hall–Kier alpha value is -2.28. The van der Waals surface area contributed by atoms with Gasteiger partial charge in [0.05, 0.1) is 19.2 Å². The molecule has 0 saturated heterocycles. The molecule has 0 atom stereocenters. The number of nitrogens with two attached hydrogens (primary N) is 1. The molecule has 0 heterocycles. The van der Waals surface area contributed by atoms with Gasteiger partial charge in [0.1, 0.15) is 5.75 Å². The number of oxime groups is 1. The zero-order chi connectivity index (χ0) is 15.2. The smallest absolute Gasteiger partial charge is 0.234 e. The van der Waals surface area contributed by atoms with Gasteiger partial charge in [-0.1, -0.05) is 11.2 Å². The summed E-state index contributed by atoms with van der Waals surface area (Å²) in [7, 11) is 1.52. The van der Waals surface area contributed by atoms with E-state index in [4.69, 9.17) is 15.7 Å². The fourth-order valence-corrected chi connectivity index (χ4v) is 1.95. The zero-order valence-electron chi connectivity index (χ0n) is 11.9. The van der Waals surface area contributed by atoms with Crippen molar-refractivity contribution in [2.45, 2.75) is 25.4 Å². The molecule has 1 aliphatic carbocycles. The van der Waals surface area contributed by atoms with Gasteiger partial charge in [0.15, 0.2) is 5.84 Å². The van der Waals surface area contributed by atoms with Crippen molar-refractivity contribution in [2.24, 2.45) is 10.9 Å². The molecule has 0 unspecified atom stereocenters. The van der Waals surface area contributed by atoms with Crippen molar-refractivity contribution in [3.8, 4) is 5.75 Å². The first-order valence-electron chi connectivity index (χ1n) is 6.79. The summed E-state index contributed by atoms with van der Waals surface area (Å²) < 4.78 is 5.16. The van der Waals surface area contributed by atoms with Crippen molar-refractivity contribution in [3.63, 3.8) is 0 Å². The molecule has 1 aliphatic rings. The monoisotopic (exact) mass is 292 g/mol. The first kappa shape index (κ1) is 15.1. The van der Waals surface area contributed by atoms with Crippen LogP contribution in [-0.4, -0.2) is 36.6 Å². The molecule has 0 radical (unpaired) electrons. The van der Waals surface area contributed by atoms with Gasteiger partial charge in [0.25, 0.3) is 0 Å². The topological polar surface area (TPSA) is 109 Å². The van der Waals surface area contributed by atoms with Crippen LogP contribution in [0.4, 0.5) is 0 Å². The normalized spacial score (nSPS) is 14.8. The quantitative estimate of drug-likeness (QED) is 0.248. The molecular weight excluding hydrogens is 272 g/mol. The number of hydrogen-bond acceptors (Lipinski definition) is 5. The first-order chi connectivity index (χ1) is 10.1. The number of nitrogens with one attached hydrogen (secondary N) is 2. The summed E-state index contributed by atoms with van der Waals surface area (Å²) in [5.41, 5.74) is 7.04. The van der Waals surface area contributed by atoms with Crippen LogP contribution in [-0.2, 0) is 11.3 Å². The molecule has 114 valence electrons.